The fraction of sp³-hybridized carbons (Fsp3) is 0.500. The predicted octanol–water partition coefficient (Wildman–Crippen LogP) is 2.49. The monoisotopic (exact) mass is 563 g/mol. The maximum atomic E-state index is 13.6. The van der Waals surface area contributed by atoms with Crippen molar-refractivity contribution in [2.24, 2.45) is 23.5 Å². The molecule has 2 aliphatic carbocycles. The quantitative estimate of drug-likeness (QED) is 0.510. The number of nitrogens with two attached hydrogens (primary N) is 1. The van der Waals surface area contributed by atoms with Crippen molar-refractivity contribution in [3.05, 3.63) is 42.5 Å². The van der Waals surface area contributed by atoms with Crippen LogP contribution in [0, 0.1) is 17.8 Å². The van der Waals surface area contributed by atoms with Crippen molar-refractivity contribution in [3.8, 4) is 28.9 Å². The van der Waals surface area contributed by atoms with E-state index in [9.17, 15) is 14.4 Å². The summed E-state index contributed by atoms with van der Waals surface area (Å²) in [7, 11) is 4.83. The molecule has 5 rings (SSSR count). The second-order valence-corrected chi connectivity index (χ2v) is 11.1. The Balaban J connectivity index is 1.40. The number of hydrogen-bond acceptors (Lipinski definition) is 8. The van der Waals surface area contributed by atoms with E-state index >= 15 is 0 Å². The minimum atomic E-state index is -1.11. The van der Waals surface area contributed by atoms with Gasteiger partial charge in [0.25, 0.3) is 0 Å². The molecule has 3 N–H and O–H groups in total. The number of amides is 3. The summed E-state index contributed by atoms with van der Waals surface area (Å²) in [5.41, 5.74) is 6.00. The van der Waals surface area contributed by atoms with E-state index in [-0.39, 0.29) is 36.0 Å². The predicted molar refractivity (Wildman–Crippen MR) is 150 cm³/mol. The third kappa shape index (κ3) is 5.98. The lowest BCUT2D eigenvalue weighted by Crippen LogP contribution is -2.51. The first-order valence-electron chi connectivity index (χ1n) is 14.0. The van der Waals surface area contributed by atoms with Gasteiger partial charge in [-0.15, -0.1) is 0 Å². The van der Waals surface area contributed by atoms with Crippen LogP contribution in [-0.4, -0.2) is 72.0 Å². The van der Waals surface area contributed by atoms with E-state index in [0.29, 0.717) is 30.8 Å². The lowest BCUT2D eigenvalue weighted by molar-refractivity contribution is -0.140. The molecular weight excluding hydrogens is 526 g/mol. The van der Waals surface area contributed by atoms with Gasteiger partial charge in [0, 0.05) is 31.1 Å². The molecule has 2 fully saturated rings. The number of carbonyl (C=O) groups excluding carboxylic acids is 3. The van der Waals surface area contributed by atoms with Crippen LogP contribution in [0.2, 0.25) is 0 Å². The molecule has 1 aliphatic heterocycles. The summed E-state index contributed by atoms with van der Waals surface area (Å²) in [4.78, 5) is 50.1. The molecule has 41 heavy (non-hydrogen) atoms. The van der Waals surface area contributed by atoms with Gasteiger partial charge in [-0.2, -0.15) is 9.97 Å². The van der Waals surface area contributed by atoms with E-state index in [4.69, 9.17) is 19.9 Å². The van der Waals surface area contributed by atoms with Crippen molar-refractivity contribution in [1.82, 2.24) is 20.2 Å². The zero-order valence-corrected chi connectivity index (χ0v) is 23.7. The van der Waals surface area contributed by atoms with Crippen LogP contribution in [0.5, 0.6) is 17.6 Å². The van der Waals surface area contributed by atoms with Gasteiger partial charge in [0.15, 0.2) is 0 Å². The summed E-state index contributed by atoms with van der Waals surface area (Å²) in [6.45, 7) is 0.602. The van der Waals surface area contributed by atoms with E-state index in [2.05, 4.69) is 15.3 Å². The van der Waals surface area contributed by atoms with Crippen molar-refractivity contribution in [3.63, 3.8) is 0 Å². The topological polar surface area (TPSA) is 146 Å². The largest absolute Gasteiger partial charge is 0.497 e. The number of nitrogens with one attached hydrogen (secondary N) is 1. The second kappa shape index (κ2) is 11.8. The smallest absolute Gasteiger partial charge is 0.320 e. The number of primary amides is 1. The van der Waals surface area contributed by atoms with Crippen LogP contribution >= 0.6 is 0 Å². The molecule has 5 atom stereocenters. The Morgan fingerprint density at radius 1 is 1.10 bits per heavy atom. The Bertz CT molecular complexity index is 1350. The molecule has 2 heterocycles. The van der Waals surface area contributed by atoms with Gasteiger partial charge in [0.05, 0.1) is 31.7 Å². The normalized spacial score (nSPS) is 28.1. The molecule has 1 aromatic carbocycles. The molecule has 3 amide bonds. The summed E-state index contributed by atoms with van der Waals surface area (Å²) in [6, 6.07) is 9.26. The molecular formula is C30H37N5O6. The van der Waals surface area contributed by atoms with E-state index in [1.165, 1.54) is 7.11 Å². The van der Waals surface area contributed by atoms with Crippen molar-refractivity contribution < 1.29 is 28.6 Å². The van der Waals surface area contributed by atoms with Crippen molar-refractivity contribution in [2.75, 3.05) is 27.8 Å². The summed E-state index contributed by atoms with van der Waals surface area (Å²) in [5, 5.41) is 2.92. The third-order valence-corrected chi connectivity index (χ3v) is 8.35. The number of allylic oxidation sites excluding steroid dienone is 1. The first kappa shape index (κ1) is 28.4. The number of fused-ring (bicyclic) bond motifs is 2. The minimum Gasteiger partial charge on any atom is -0.497 e. The van der Waals surface area contributed by atoms with E-state index < -0.39 is 29.4 Å². The lowest BCUT2D eigenvalue weighted by Gasteiger charge is -2.26. The van der Waals surface area contributed by atoms with E-state index in [0.717, 1.165) is 24.8 Å². The molecule has 5 unspecified atom stereocenters. The zero-order valence-electron chi connectivity index (χ0n) is 23.7. The Hall–Kier alpha value is -4.15. The molecule has 2 aromatic rings. The number of ether oxygens (including phenoxy) is 3. The van der Waals surface area contributed by atoms with Crippen LogP contribution in [0.15, 0.2) is 42.5 Å². The summed E-state index contributed by atoms with van der Waals surface area (Å²) < 4.78 is 17.0. The Kier molecular flexibility index (Phi) is 8.14. The van der Waals surface area contributed by atoms with E-state index in [1.54, 1.807) is 25.1 Å². The Morgan fingerprint density at radius 2 is 1.90 bits per heavy atom. The highest BCUT2D eigenvalue weighted by molar-refractivity contribution is 5.96. The van der Waals surface area contributed by atoms with Crippen LogP contribution in [0.4, 0.5) is 0 Å². The molecule has 3 aliphatic rings. The highest BCUT2D eigenvalue weighted by Crippen LogP contribution is 2.46. The number of benzene rings is 1. The fourth-order valence-electron chi connectivity index (χ4n) is 5.89. The van der Waals surface area contributed by atoms with Crippen molar-refractivity contribution >= 4 is 17.7 Å². The van der Waals surface area contributed by atoms with Gasteiger partial charge in [0.1, 0.15) is 17.4 Å². The average molecular weight is 564 g/mol. The van der Waals surface area contributed by atoms with Crippen LogP contribution in [-0.2, 0) is 14.4 Å². The van der Waals surface area contributed by atoms with Crippen LogP contribution in [0.25, 0.3) is 11.3 Å². The molecule has 11 heteroatoms. The Labute approximate surface area is 239 Å². The molecule has 0 saturated heterocycles. The molecule has 0 bridgehead atoms. The van der Waals surface area contributed by atoms with E-state index in [1.807, 2.05) is 36.4 Å². The van der Waals surface area contributed by atoms with Gasteiger partial charge in [-0.05, 0) is 50.7 Å². The highest BCUT2D eigenvalue weighted by Gasteiger charge is 2.60. The van der Waals surface area contributed by atoms with Gasteiger partial charge in [-0.1, -0.05) is 24.3 Å². The molecule has 218 valence electrons. The van der Waals surface area contributed by atoms with Crippen molar-refractivity contribution in [2.45, 2.75) is 50.2 Å². The van der Waals surface area contributed by atoms with Gasteiger partial charge in [-0.3, -0.25) is 14.4 Å². The average Bonchev–Trinajstić information content (AvgIpc) is 3.51. The summed E-state index contributed by atoms with van der Waals surface area (Å²) >= 11 is 0. The molecule has 2 saturated carbocycles. The number of aromatic nitrogens is 2. The fourth-order valence-corrected chi connectivity index (χ4v) is 5.89. The zero-order chi connectivity index (χ0) is 29.1. The van der Waals surface area contributed by atoms with Gasteiger partial charge in [0.2, 0.25) is 23.6 Å². The Morgan fingerprint density at radius 3 is 2.66 bits per heavy atom. The number of carbonyl (C=O) groups is 3. The van der Waals surface area contributed by atoms with Crippen LogP contribution in [0.1, 0.15) is 38.5 Å². The summed E-state index contributed by atoms with van der Waals surface area (Å²) in [5.74, 6) is -1.50. The second-order valence-electron chi connectivity index (χ2n) is 11.1. The first-order valence-corrected chi connectivity index (χ1v) is 14.0. The number of methoxy groups -OCH3 is 2. The standard InChI is InChI=1S/C30H37N5O6/c1-35-12-7-5-4-6-10-19-17-30(19,28(31)38)34-26(36)22-14-21(15-23(22)27(35)37)41-25-16-24(32-29(33-25)40-3)18-9-8-11-20(13-18)39-2/h6,8-11,13,16,19,21-23H,4-5,7,12,14-15,17H2,1-3H3,(H2,31,38)(H,34,36). The third-order valence-electron chi connectivity index (χ3n) is 8.35. The molecule has 0 radical (unpaired) electrons. The maximum Gasteiger partial charge on any atom is 0.320 e. The SMILES string of the molecule is COc1cccc(-c2cc(OC3CC4C(=O)NC5(C(N)=O)CC5C=CCCCCN(C)C(=O)C4C3)nc(OC)n2)c1. The van der Waals surface area contributed by atoms with Gasteiger partial charge >= 0.3 is 6.01 Å². The van der Waals surface area contributed by atoms with Crippen LogP contribution < -0.4 is 25.3 Å². The molecule has 11 nitrogen and oxygen atoms in total. The molecule has 1 aromatic heterocycles. The summed E-state index contributed by atoms with van der Waals surface area (Å²) in [6.07, 6.45) is 7.21. The first-order chi connectivity index (χ1) is 19.7. The molecule has 0 spiro atoms. The van der Waals surface area contributed by atoms with Crippen molar-refractivity contribution in [1.29, 1.82) is 0 Å². The van der Waals surface area contributed by atoms with Crippen LogP contribution in [0.3, 0.4) is 0 Å². The maximum absolute atomic E-state index is 13.6. The van der Waals surface area contributed by atoms with Gasteiger partial charge in [-0.25, -0.2) is 0 Å². The minimum absolute atomic E-state index is 0.110. The lowest BCUT2D eigenvalue weighted by atomic mass is 9.93. The number of rotatable bonds is 6. The number of nitrogens with zero attached hydrogens (tertiary/aromatic N) is 3. The van der Waals surface area contributed by atoms with Gasteiger partial charge < -0.3 is 30.2 Å². The highest BCUT2D eigenvalue weighted by atomic mass is 16.5. The number of hydrogen-bond donors (Lipinski definition) is 2.